The molecule has 3 aromatic rings. The molecule has 0 saturated carbocycles. The first-order chi connectivity index (χ1) is 15.4. The quantitative estimate of drug-likeness (QED) is 0.575. The molecule has 8 nitrogen and oxygen atoms in total. The maximum absolute atomic E-state index is 11.6. The molecule has 0 spiro atoms. The number of rotatable bonds is 6. The Hall–Kier alpha value is -3.94. The molecule has 0 radical (unpaired) electrons. The van der Waals surface area contributed by atoms with Gasteiger partial charge >= 0.3 is 11.9 Å². The predicted molar refractivity (Wildman–Crippen MR) is 115 cm³/mol. The van der Waals surface area contributed by atoms with E-state index < -0.39 is 11.9 Å². The molecule has 32 heavy (non-hydrogen) atoms. The smallest absolute Gasteiger partial charge is 0.302 e. The van der Waals surface area contributed by atoms with Crippen molar-refractivity contribution in [1.29, 1.82) is 0 Å². The molecule has 0 amide bonds. The van der Waals surface area contributed by atoms with Crippen LogP contribution in [0.2, 0.25) is 0 Å². The molecule has 0 bridgehead atoms. The number of fused-ring (bicyclic) bond motifs is 3. The fourth-order valence-electron chi connectivity index (χ4n) is 3.75. The lowest BCUT2D eigenvalue weighted by Gasteiger charge is -2.20. The van der Waals surface area contributed by atoms with E-state index in [0.717, 1.165) is 10.8 Å². The molecule has 0 aromatic heterocycles. The van der Waals surface area contributed by atoms with Gasteiger partial charge in [-0.05, 0) is 40.8 Å². The number of carbonyl (C=O) groups excluding carboxylic acids is 2. The summed E-state index contributed by atoms with van der Waals surface area (Å²) in [5.41, 5.74) is 2.72. The van der Waals surface area contributed by atoms with Crippen molar-refractivity contribution in [2.24, 2.45) is 0 Å². The van der Waals surface area contributed by atoms with Crippen LogP contribution in [0.4, 0.5) is 0 Å². The van der Waals surface area contributed by atoms with Crippen molar-refractivity contribution in [2.75, 3.05) is 13.9 Å². The summed E-state index contributed by atoms with van der Waals surface area (Å²) in [6.07, 6.45) is 0. The predicted octanol–water partition coefficient (Wildman–Crippen LogP) is 4.08. The average Bonchev–Trinajstić information content (AvgIpc) is 3.25. The molecule has 0 unspecified atom stereocenters. The number of carbonyl (C=O) groups is 2. The highest BCUT2D eigenvalue weighted by molar-refractivity contribution is 6.05. The van der Waals surface area contributed by atoms with Gasteiger partial charge in [-0.25, -0.2) is 0 Å². The summed E-state index contributed by atoms with van der Waals surface area (Å²) in [5, 5.41) is 11.7. The monoisotopic (exact) mass is 438 g/mol. The van der Waals surface area contributed by atoms with Crippen LogP contribution in [0.3, 0.4) is 0 Å². The fourth-order valence-corrected chi connectivity index (χ4v) is 3.75. The van der Waals surface area contributed by atoms with Gasteiger partial charge in [-0.2, -0.15) is 0 Å². The topological polar surface area (TPSA) is 101 Å². The molecule has 0 fully saturated rings. The number of methoxy groups -OCH3 is 1. The van der Waals surface area contributed by atoms with E-state index >= 15 is 0 Å². The van der Waals surface area contributed by atoms with Crippen LogP contribution < -0.4 is 14.2 Å². The summed E-state index contributed by atoms with van der Waals surface area (Å²) in [5.74, 6) is 0.549. The molecular formula is C24H22O8. The molecule has 3 aromatic carbocycles. The molecule has 4 rings (SSSR count). The maximum Gasteiger partial charge on any atom is 0.302 e. The van der Waals surface area contributed by atoms with Gasteiger partial charge < -0.3 is 28.8 Å². The fraction of sp³-hybridized carbons (Fsp3) is 0.250. The molecule has 1 aliphatic heterocycles. The average molecular weight is 438 g/mol. The number of esters is 2. The second-order valence-electron chi connectivity index (χ2n) is 7.23. The second-order valence-corrected chi connectivity index (χ2v) is 7.23. The zero-order chi connectivity index (χ0) is 22.8. The first kappa shape index (κ1) is 21.3. The van der Waals surface area contributed by atoms with Crippen LogP contribution in [0.25, 0.3) is 21.9 Å². The first-order valence-electron chi connectivity index (χ1n) is 9.90. The largest absolute Gasteiger partial charge is 0.504 e. The highest BCUT2D eigenvalue weighted by Gasteiger charge is 2.25. The Morgan fingerprint density at radius 1 is 1.00 bits per heavy atom. The molecule has 1 N–H and O–H groups in total. The Morgan fingerprint density at radius 2 is 1.75 bits per heavy atom. The molecule has 1 aliphatic rings. The Bertz CT molecular complexity index is 1210. The number of aromatic hydroxyl groups is 1. The van der Waals surface area contributed by atoms with Gasteiger partial charge in [0.1, 0.15) is 13.2 Å². The number of hydrogen-bond donors (Lipinski definition) is 1. The third-order valence-electron chi connectivity index (χ3n) is 5.16. The summed E-state index contributed by atoms with van der Waals surface area (Å²) in [4.78, 5) is 23.1. The van der Waals surface area contributed by atoms with E-state index in [1.54, 1.807) is 12.1 Å². The van der Waals surface area contributed by atoms with Crippen molar-refractivity contribution in [3.63, 3.8) is 0 Å². The lowest BCUT2D eigenvalue weighted by atomic mass is 9.89. The van der Waals surface area contributed by atoms with Gasteiger partial charge in [0.25, 0.3) is 0 Å². The zero-order valence-corrected chi connectivity index (χ0v) is 17.9. The van der Waals surface area contributed by atoms with E-state index in [1.807, 2.05) is 18.2 Å². The van der Waals surface area contributed by atoms with Gasteiger partial charge in [-0.3, -0.25) is 9.59 Å². The van der Waals surface area contributed by atoms with Gasteiger partial charge in [-0.15, -0.1) is 0 Å². The first-order valence-corrected chi connectivity index (χ1v) is 9.90. The summed E-state index contributed by atoms with van der Waals surface area (Å²) < 4.78 is 27.3. The summed E-state index contributed by atoms with van der Waals surface area (Å²) in [6.45, 7) is 2.69. The maximum atomic E-state index is 11.6. The van der Waals surface area contributed by atoms with Crippen LogP contribution in [0.5, 0.6) is 23.0 Å². The van der Waals surface area contributed by atoms with E-state index in [2.05, 4.69) is 0 Å². The van der Waals surface area contributed by atoms with Crippen molar-refractivity contribution in [3.05, 3.63) is 47.5 Å². The van der Waals surface area contributed by atoms with E-state index in [4.69, 9.17) is 23.7 Å². The zero-order valence-electron chi connectivity index (χ0n) is 17.9. The van der Waals surface area contributed by atoms with Gasteiger partial charge in [0.05, 0.1) is 7.11 Å². The minimum atomic E-state index is -0.448. The summed E-state index contributed by atoms with van der Waals surface area (Å²) in [6, 6.07) is 10.5. The number of benzene rings is 3. The van der Waals surface area contributed by atoms with Gasteiger partial charge in [0, 0.05) is 30.4 Å². The molecule has 0 atom stereocenters. The normalized spacial score (nSPS) is 12.0. The molecule has 0 aliphatic carbocycles. The third-order valence-corrected chi connectivity index (χ3v) is 5.16. The van der Waals surface area contributed by atoms with Gasteiger partial charge in [0.15, 0.2) is 23.0 Å². The highest BCUT2D eigenvalue weighted by Crippen LogP contribution is 2.47. The van der Waals surface area contributed by atoms with Gasteiger partial charge in [-0.1, -0.05) is 12.1 Å². The number of hydrogen-bond acceptors (Lipinski definition) is 8. The van der Waals surface area contributed by atoms with Crippen molar-refractivity contribution < 1.29 is 38.4 Å². The lowest BCUT2D eigenvalue weighted by molar-refractivity contribution is -0.143. The Balaban J connectivity index is 2.05. The minimum Gasteiger partial charge on any atom is -0.504 e. The molecule has 0 saturated heterocycles. The van der Waals surface area contributed by atoms with Crippen LogP contribution in [-0.4, -0.2) is 30.9 Å². The summed E-state index contributed by atoms with van der Waals surface area (Å²) >= 11 is 0. The minimum absolute atomic E-state index is 0.00146. The SMILES string of the molecule is COc1cc(-c2c(COC(C)=O)c(COC(C)=O)cc3ccc4c(c23)OCO4)ccc1O. The van der Waals surface area contributed by atoms with Crippen LogP contribution in [0.15, 0.2) is 36.4 Å². The second kappa shape index (κ2) is 8.66. The van der Waals surface area contributed by atoms with Crippen molar-refractivity contribution in [1.82, 2.24) is 0 Å². The van der Waals surface area contributed by atoms with Crippen molar-refractivity contribution in [3.8, 4) is 34.1 Å². The van der Waals surface area contributed by atoms with E-state index in [0.29, 0.717) is 33.8 Å². The molecular weight excluding hydrogens is 416 g/mol. The number of phenolic OH excluding ortho intramolecular Hbond substituents is 1. The Kier molecular flexibility index (Phi) is 5.77. The third kappa shape index (κ3) is 3.99. The Morgan fingerprint density at radius 3 is 2.47 bits per heavy atom. The van der Waals surface area contributed by atoms with Crippen LogP contribution >= 0.6 is 0 Å². The molecule has 1 heterocycles. The molecule has 166 valence electrons. The van der Waals surface area contributed by atoms with Gasteiger partial charge in [0.2, 0.25) is 6.79 Å². The van der Waals surface area contributed by atoms with Crippen LogP contribution in [-0.2, 0) is 32.3 Å². The van der Waals surface area contributed by atoms with Crippen molar-refractivity contribution in [2.45, 2.75) is 27.1 Å². The van der Waals surface area contributed by atoms with Crippen molar-refractivity contribution >= 4 is 22.7 Å². The van der Waals surface area contributed by atoms with E-state index in [9.17, 15) is 14.7 Å². The standard InChI is InChI=1S/C24H22O8/c1-13(25)29-10-17-8-15-5-7-20-24(32-12-31-20)23(15)22(18(17)11-30-14(2)26)16-4-6-19(27)21(9-16)28-3/h4-9,27H,10-12H2,1-3H3. The van der Waals surface area contributed by atoms with E-state index in [-0.39, 0.29) is 31.5 Å². The van der Waals surface area contributed by atoms with E-state index in [1.165, 1.54) is 27.0 Å². The summed E-state index contributed by atoms with van der Waals surface area (Å²) in [7, 11) is 1.46. The highest BCUT2D eigenvalue weighted by atomic mass is 16.7. The number of phenols is 1. The lowest BCUT2D eigenvalue weighted by Crippen LogP contribution is -2.08. The molecule has 8 heteroatoms. The Labute approximate surface area is 184 Å². The number of ether oxygens (including phenoxy) is 5. The van der Waals surface area contributed by atoms with Crippen LogP contribution in [0, 0.1) is 0 Å². The van der Waals surface area contributed by atoms with Crippen LogP contribution in [0.1, 0.15) is 25.0 Å².